The van der Waals surface area contributed by atoms with E-state index in [1.165, 1.54) is 19.3 Å². The Morgan fingerprint density at radius 2 is 2.42 bits per heavy atom. The molecule has 1 unspecified atom stereocenters. The van der Waals surface area contributed by atoms with E-state index in [2.05, 4.69) is 23.3 Å². The van der Waals surface area contributed by atoms with E-state index in [0.29, 0.717) is 6.04 Å². The number of hydrogen-bond acceptors (Lipinski definition) is 3. The molecule has 0 bridgehead atoms. The molecule has 1 amide bonds. The number of thiol groups is 1. The Bertz CT molecular complexity index is 146. The Morgan fingerprint density at radius 1 is 1.58 bits per heavy atom. The average Bonchev–Trinajstić information content (AvgIpc) is 2.16. The van der Waals surface area contributed by atoms with Crippen LogP contribution < -0.4 is 10.6 Å². The van der Waals surface area contributed by atoms with E-state index in [1.807, 2.05) is 0 Å². The Hall–Kier alpha value is -0.220. The molecule has 0 aromatic heterocycles. The standard InChI is InChI=1S/C8H16N2OS/c11-8(6-12)10-5-7-3-1-2-4-9-7/h7,9,12H,1-6H2,(H,10,11). The SMILES string of the molecule is O=C(CS)NCC1CCCCN1. The van der Waals surface area contributed by atoms with Crippen LogP contribution in [0.5, 0.6) is 0 Å². The molecule has 1 fully saturated rings. The molecular formula is C8H16N2OS. The quantitative estimate of drug-likeness (QED) is 0.553. The van der Waals surface area contributed by atoms with Gasteiger partial charge in [-0.25, -0.2) is 0 Å². The van der Waals surface area contributed by atoms with Gasteiger partial charge in [0.25, 0.3) is 0 Å². The van der Waals surface area contributed by atoms with E-state index in [4.69, 9.17) is 0 Å². The van der Waals surface area contributed by atoms with Gasteiger partial charge in [-0.3, -0.25) is 4.79 Å². The molecule has 0 spiro atoms. The van der Waals surface area contributed by atoms with E-state index in [0.717, 1.165) is 13.1 Å². The first kappa shape index (κ1) is 9.86. The lowest BCUT2D eigenvalue weighted by atomic mass is 10.1. The Kier molecular flexibility index (Phi) is 4.46. The predicted octanol–water partition coefficient (Wildman–Crippen LogP) is 0.174. The van der Waals surface area contributed by atoms with Gasteiger partial charge in [-0.15, -0.1) is 0 Å². The van der Waals surface area contributed by atoms with Crippen LogP contribution in [0.4, 0.5) is 0 Å². The summed E-state index contributed by atoms with van der Waals surface area (Å²) < 4.78 is 0. The molecule has 4 heteroatoms. The Morgan fingerprint density at radius 3 is 3.00 bits per heavy atom. The highest BCUT2D eigenvalue weighted by Gasteiger charge is 2.12. The molecule has 1 aliphatic heterocycles. The van der Waals surface area contributed by atoms with Gasteiger partial charge in [0, 0.05) is 12.6 Å². The molecule has 0 saturated carbocycles. The van der Waals surface area contributed by atoms with Crippen molar-refractivity contribution < 1.29 is 4.79 Å². The van der Waals surface area contributed by atoms with Gasteiger partial charge in [-0.05, 0) is 19.4 Å². The van der Waals surface area contributed by atoms with Crippen molar-refractivity contribution in [3.63, 3.8) is 0 Å². The third kappa shape index (κ3) is 3.45. The van der Waals surface area contributed by atoms with Gasteiger partial charge >= 0.3 is 0 Å². The van der Waals surface area contributed by atoms with Crippen molar-refractivity contribution in [3.05, 3.63) is 0 Å². The van der Waals surface area contributed by atoms with Crippen molar-refractivity contribution >= 4 is 18.5 Å². The average molecular weight is 188 g/mol. The minimum absolute atomic E-state index is 0.0192. The summed E-state index contributed by atoms with van der Waals surface area (Å²) in [7, 11) is 0. The fraction of sp³-hybridized carbons (Fsp3) is 0.875. The predicted molar refractivity (Wildman–Crippen MR) is 52.5 cm³/mol. The lowest BCUT2D eigenvalue weighted by molar-refractivity contribution is -0.118. The second kappa shape index (κ2) is 5.43. The summed E-state index contributed by atoms with van der Waals surface area (Å²) >= 11 is 3.88. The van der Waals surface area contributed by atoms with Gasteiger partial charge in [0.15, 0.2) is 0 Å². The molecule has 1 saturated heterocycles. The molecule has 0 aromatic rings. The number of rotatable bonds is 3. The summed E-state index contributed by atoms with van der Waals surface area (Å²) in [6.07, 6.45) is 3.71. The van der Waals surface area contributed by atoms with E-state index in [9.17, 15) is 4.79 Å². The van der Waals surface area contributed by atoms with Crippen LogP contribution in [-0.4, -0.2) is 30.8 Å². The molecule has 3 nitrogen and oxygen atoms in total. The molecule has 1 rings (SSSR count). The van der Waals surface area contributed by atoms with Crippen LogP contribution in [0.3, 0.4) is 0 Å². The molecule has 0 aliphatic carbocycles. The van der Waals surface area contributed by atoms with Crippen molar-refractivity contribution in [1.29, 1.82) is 0 Å². The van der Waals surface area contributed by atoms with Gasteiger partial charge < -0.3 is 10.6 Å². The number of piperidine rings is 1. The normalized spacial score (nSPS) is 23.6. The Balaban J connectivity index is 2.09. The van der Waals surface area contributed by atoms with Crippen molar-refractivity contribution in [2.45, 2.75) is 25.3 Å². The number of carbonyl (C=O) groups excluding carboxylic acids is 1. The highest BCUT2D eigenvalue weighted by Crippen LogP contribution is 2.05. The second-order valence-corrected chi connectivity index (χ2v) is 3.43. The van der Waals surface area contributed by atoms with Gasteiger partial charge in [-0.2, -0.15) is 12.6 Å². The van der Waals surface area contributed by atoms with Crippen LogP contribution in [0, 0.1) is 0 Å². The van der Waals surface area contributed by atoms with Crippen molar-refractivity contribution in [2.24, 2.45) is 0 Å². The molecule has 1 atom stereocenters. The van der Waals surface area contributed by atoms with Gasteiger partial charge in [0.05, 0.1) is 5.75 Å². The van der Waals surface area contributed by atoms with E-state index in [1.54, 1.807) is 0 Å². The highest BCUT2D eigenvalue weighted by molar-refractivity contribution is 7.81. The summed E-state index contributed by atoms with van der Waals surface area (Å²) in [6.45, 7) is 1.83. The molecule has 1 heterocycles. The summed E-state index contributed by atoms with van der Waals surface area (Å²) in [4.78, 5) is 10.8. The lowest BCUT2D eigenvalue weighted by Crippen LogP contribution is -2.43. The van der Waals surface area contributed by atoms with Crippen LogP contribution in [0.2, 0.25) is 0 Å². The summed E-state index contributed by atoms with van der Waals surface area (Å²) in [5.74, 6) is 0.304. The molecule has 12 heavy (non-hydrogen) atoms. The summed E-state index contributed by atoms with van der Waals surface area (Å²) in [5, 5.41) is 6.18. The maximum atomic E-state index is 10.8. The molecule has 1 aliphatic rings. The highest BCUT2D eigenvalue weighted by atomic mass is 32.1. The monoisotopic (exact) mass is 188 g/mol. The number of hydrogen-bond donors (Lipinski definition) is 3. The van der Waals surface area contributed by atoms with Crippen LogP contribution in [0.15, 0.2) is 0 Å². The number of amides is 1. The molecule has 2 N–H and O–H groups in total. The Labute approximate surface area is 78.7 Å². The van der Waals surface area contributed by atoms with E-state index >= 15 is 0 Å². The van der Waals surface area contributed by atoms with E-state index in [-0.39, 0.29) is 11.7 Å². The van der Waals surface area contributed by atoms with Gasteiger partial charge in [0.1, 0.15) is 0 Å². The van der Waals surface area contributed by atoms with Gasteiger partial charge in [-0.1, -0.05) is 6.42 Å². The summed E-state index contributed by atoms with van der Waals surface area (Å²) in [5.41, 5.74) is 0. The maximum absolute atomic E-state index is 10.8. The minimum Gasteiger partial charge on any atom is -0.354 e. The van der Waals surface area contributed by atoms with Gasteiger partial charge in [0.2, 0.25) is 5.91 Å². The molecular weight excluding hydrogens is 172 g/mol. The third-order valence-electron chi connectivity index (χ3n) is 2.10. The number of carbonyl (C=O) groups is 1. The largest absolute Gasteiger partial charge is 0.354 e. The minimum atomic E-state index is 0.0192. The van der Waals surface area contributed by atoms with Crippen LogP contribution in [0.25, 0.3) is 0 Å². The van der Waals surface area contributed by atoms with Crippen LogP contribution >= 0.6 is 12.6 Å². The van der Waals surface area contributed by atoms with Crippen molar-refractivity contribution in [1.82, 2.24) is 10.6 Å². The first-order valence-corrected chi connectivity index (χ1v) is 5.07. The zero-order valence-electron chi connectivity index (χ0n) is 7.18. The van der Waals surface area contributed by atoms with Crippen molar-refractivity contribution in [3.8, 4) is 0 Å². The molecule has 0 aromatic carbocycles. The van der Waals surface area contributed by atoms with Crippen LogP contribution in [0.1, 0.15) is 19.3 Å². The van der Waals surface area contributed by atoms with Crippen molar-refractivity contribution in [2.75, 3.05) is 18.8 Å². The van der Waals surface area contributed by atoms with E-state index < -0.39 is 0 Å². The smallest absolute Gasteiger partial charge is 0.229 e. The summed E-state index contributed by atoms with van der Waals surface area (Å²) in [6, 6.07) is 0.475. The first-order chi connectivity index (χ1) is 5.83. The zero-order chi connectivity index (χ0) is 8.81. The fourth-order valence-electron chi connectivity index (χ4n) is 1.39. The number of nitrogens with one attached hydrogen (secondary N) is 2. The maximum Gasteiger partial charge on any atom is 0.229 e. The second-order valence-electron chi connectivity index (χ2n) is 3.11. The molecule has 70 valence electrons. The first-order valence-electron chi connectivity index (χ1n) is 4.44. The lowest BCUT2D eigenvalue weighted by Gasteiger charge is -2.23. The third-order valence-corrected chi connectivity index (χ3v) is 2.39. The topological polar surface area (TPSA) is 41.1 Å². The fourth-order valence-corrected chi connectivity index (χ4v) is 1.50. The van der Waals surface area contributed by atoms with Crippen LogP contribution in [-0.2, 0) is 4.79 Å². The molecule has 0 radical (unpaired) electrons. The zero-order valence-corrected chi connectivity index (χ0v) is 8.07.